The van der Waals surface area contributed by atoms with Crippen LogP contribution in [0.5, 0.6) is 5.75 Å². The van der Waals surface area contributed by atoms with E-state index in [9.17, 15) is 9.59 Å². The molecule has 2 amide bonds. The lowest BCUT2D eigenvalue weighted by molar-refractivity contribution is -0.133. The van der Waals surface area contributed by atoms with Gasteiger partial charge in [-0.2, -0.15) is 0 Å². The number of hydrogen-bond donors (Lipinski definition) is 1. The van der Waals surface area contributed by atoms with Gasteiger partial charge < -0.3 is 15.0 Å². The van der Waals surface area contributed by atoms with Crippen molar-refractivity contribution in [1.29, 1.82) is 0 Å². The fourth-order valence-electron chi connectivity index (χ4n) is 4.10. The maximum Gasteiger partial charge on any atom is 0.234 e. The molecular weight excluding hydrogens is 414 g/mol. The number of nitrogens with one attached hydrogen (secondary N) is 1. The Morgan fingerprint density at radius 3 is 2.39 bits per heavy atom. The minimum Gasteiger partial charge on any atom is -0.493 e. The monoisotopic (exact) mass is 445 g/mol. The maximum absolute atomic E-state index is 12.6. The molecule has 0 unspecified atom stereocenters. The van der Waals surface area contributed by atoms with Gasteiger partial charge in [-0.25, -0.2) is 0 Å². The largest absolute Gasteiger partial charge is 0.493 e. The van der Waals surface area contributed by atoms with Crippen LogP contribution in [-0.4, -0.2) is 60.9 Å². The fraction of sp³-hybridized carbons (Fsp3) is 0.333. The molecule has 6 heteroatoms. The molecule has 1 N–H and O–H groups in total. The van der Waals surface area contributed by atoms with E-state index in [1.807, 2.05) is 59.5 Å². The van der Waals surface area contributed by atoms with Crippen LogP contribution in [0.15, 0.2) is 72.8 Å². The van der Waals surface area contributed by atoms with Gasteiger partial charge in [0.15, 0.2) is 0 Å². The summed E-state index contributed by atoms with van der Waals surface area (Å²) < 4.78 is 5.95. The molecule has 4 rings (SSSR count). The zero-order valence-corrected chi connectivity index (χ0v) is 18.9. The molecule has 3 aromatic carbocycles. The molecule has 0 atom stereocenters. The lowest BCUT2D eigenvalue weighted by atomic mass is 10.1. The second-order valence-electron chi connectivity index (χ2n) is 8.35. The van der Waals surface area contributed by atoms with Gasteiger partial charge in [0.2, 0.25) is 11.8 Å². The highest BCUT2D eigenvalue weighted by atomic mass is 16.5. The fourth-order valence-corrected chi connectivity index (χ4v) is 4.10. The van der Waals surface area contributed by atoms with E-state index in [0.717, 1.165) is 35.2 Å². The van der Waals surface area contributed by atoms with E-state index in [0.29, 0.717) is 45.6 Å². The first-order chi connectivity index (χ1) is 16.2. The highest BCUT2D eigenvalue weighted by molar-refractivity contribution is 5.88. The second-order valence-corrected chi connectivity index (χ2v) is 8.35. The number of nitrogens with zero attached hydrogens (tertiary/aromatic N) is 2. The Labute approximate surface area is 195 Å². The quantitative estimate of drug-likeness (QED) is 0.513. The van der Waals surface area contributed by atoms with Gasteiger partial charge in [0.1, 0.15) is 5.75 Å². The van der Waals surface area contributed by atoms with E-state index >= 15 is 0 Å². The van der Waals surface area contributed by atoms with Crippen LogP contribution in [-0.2, 0) is 16.1 Å². The summed E-state index contributed by atoms with van der Waals surface area (Å²) in [5.74, 6) is 1.04. The molecule has 0 aliphatic carbocycles. The highest BCUT2D eigenvalue weighted by Gasteiger charge is 2.22. The molecular formula is C27H31N3O3. The molecule has 0 bridgehead atoms. The molecule has 3 aromatic rings. The van der Waals surface area contributed by atoms with Crippen molar-refractivity contribution in [3.8, 4) is 5.75 Å². The number of ether oxygens (including phenoxy) is 1. The lowest BCUT2D eigenvalue weighted by Gasteiger charge is -2.34. The summed E-state index contributed by atoms with van der Waals surface area (Å²) in [5, 5.41) is 5.21. The van der Waals surface area contributed by atoms with E-state index in [1.54, 1.807) is 0 Å². The molecule has 0 saturated carbocycles. The summed E-state index contributed by atoms with van der Waals surface area (Å²) in [7, 11) is 0. The van der Waals surface area contributed by atoms with Crippen molar-refractivity contribution in [2.24, 2.45) is 0 Å². The van der Waals surface area contributed by atoms with Crippen molar-refractivity contribution < 1.29 is 14.3 Å². The highest BCUT2D eigenvalue weighted by Crippen LogP contribution is 2.25. The van der Waals surface area contributed by atoms with E-state index < -0.39 is 0 Å². The first-order valence-electron chi connectivity index (χ1n) is 11.6. The molecule has 1 heterocycles. The van der Waals surface area contributed by atoms with Gasteiger partial charge in [-0.15, -0.1) is 0 Å². The second kappa shape index (κ2) is 11.5. The van der Waals surface area contributed by atoms with Crippen LogP contribution in [0.25, 0.3) is 10.8 Å². The summed E-state index contributed by atoms with van der Waals surface area (Å²) in [6.07, 6.45) is 1.16. The normalized spacial score (nSPS) is 14.2. The van der Waals surface area contributed by atoms with Crippen molar-refractivity contribution in [3.63, 3.8) is 0 Å². The molecule has 1 aliphatic heterocycles. The molecule has 6 nitrogen and oxygen atoms in total. The minimum atomic E-state index is 0.0178. The number of piperazine rings is 1. The van der Waals surface area contributed by atoms with Crippen LogP contribution < -0.4 is 10.1 Å². The van der Waals surface area contributed by atoms with Crippen LogP contribution in [0, 0.1) is 0 Å². The Balaban J connectivity index is 1.13. The van der Waals surface area contributed by atoms with Crippen molar-refractivity contribution >= 4 is 22.6 Å². The van der Waals surface area contributed by atoms with Crippen LogP contribution in [0.2, 0.25) is 0 Å². The van der Waals surface area contributed by atoms with E-state index in [1.165, 1.54) is 0 Å². The number of benzene rings is 3. The average Bonchev–Trinajstić information content (AvgIpc) is 2.86. The summed E-state index contributed by atoms with van der Waals surface area (Å²) in [4.78, 5) is 28.8. The third-order valence-corrected chi connectivity index (χ3v) is 5.97. The van der Waals surface area contributed by atoms with Gasteiger partial charge in [0, 0.05) is 44.5 Å². The van der Waals surface area contributed by atoms with Gasteiger partial charge >= 0.3 is 0 Å². The molecule has 33 heavy (non-hydrogen) atoms. The van der Waals surface area contributed by atoms with E-state index in [4.69, 9.17) is 4.74 Å². The topological polar surface area (TPSA) is 61.9 Å². The van der Waals surface area contributed by atoms with Crippen LogP contribution in [0.4, 0.5) is 0 Å². The number of amides is 2. The van der Waals surface area contributed by atoms with Crippen LogP contribution >= 0.6 is 0 Å². The van der Waals surface area contributed by atoms with Gasteiger partial charge in [-0.1, -0.05) is 66.7 Å². The molecule has 1 fully saturated rings. The predicted octanol–water partition coefficient (Wildman–Crippen LogP) is 3.46. The SMILES string of the molecule is O=C(CN1CCN(C(=O)CCCOc2cccc3ccccc23)CC1)NCc1ccccc1. The van der Waals surface area contributed by atoms with Crippen molar-refractivity contribution in [2.45, 2.75) is 19.4 Å². The number of hydrogen-bond acceptors (Lipinski definition) is 4. The Kier molecular flexibility index (Phi) is 7.93. The Morgan fingerprint density at radius 1 is 0.848 bits per heavy atom. The zero-order chi connectivity index (χ0) is 22.9. The van der Waals surface area contributed by atoms with Gasteiger partial charge in [-0.3, -0.25) is 14.5 Å². The Bertz CT molecular complexity index is 1060. The van der Waals surface area contributed by atoms with E-state index in [-0.39, 0.29) is 11.8 Å². The Hall–Kier alpha value is -3.38. The van der Waals surface area contributed by atoms with Crippen molar-refractivity contribution in [3.05, 3.63) is 78.4 Å². The maximum atomic E-state index is 12.6. The number of carbonyl (C=O) groups is 2. The summed E-state index contributed by atoms with van der Waals surface area (Å²) >= 11 is 0. The summed E-state index contributed by atoms with van der Waals surface area (Å²) in [5.41, 5.74) is 1.09. The first kappa shape index (κ1) is 22.8. The standard InChI is InChI=1S/C27H31N3O3/c31-26(28-20-22-8-2-1-3-9-22)21-29-15-17-30(18-16-29)27(32)14-7-19-33-25-13-6-11-23-10-4-5-12-24(23)25/h1-6,8-13H,7,14-21H2,(H,28,31). The summed E-state index contributed by atoms with van der Waals surface area (Å²) in [6, 6.07) is 24.1. The summed E-state index contributed by atoms with van der Waals surface area (Å²) in [6.45, 7) is 4.19. The third-order valence-electron chi connectivity index (χ3n) is 5.97. The number of rotatable bonds is 9. The van der Waals surface area contributed by atoms with Gasteiger partial charge in [-0.05, 0) is 23.4 Å². The molecule has 1 saturated heterocycles. The molecule has 1 aliphatic rings. The van der Waals surface area contributed by atoms with Crippen LogP contribution in [0.1, 0.15) is 18.4 Å². The zero-order valence-electron chi connectivity index (χ0n) is 18.9. The third kappa shape index (κ3) is 6.56. The average molecular weight is 446 g/mol. The van der Waals surface area contributed by atoms with Crippen LogP contribution in [0.3, 0.4) is 0 Å². The molecule has 0 radical (unpaired) electrons. The van der Waals surface area contributed by atoms with Gasteiger partial charge in [0.25, 0.3) is 0 Å². The van der Waals surface area contributed by atoms with E-state index in [2.05, 4.69) is 28.4 Å². The van der Waals surface area contributed by atoms with Crippen molar-refractivity contribution in [1.82, 2.24) is 15.1 Å². The molecule has 0 spiro atoms. The smallest absolute Gasteiger partial charge is 0.234 e. The number of fused-ring (bicyclic) bond motifs is 1. The van der Waals surface area contributed by atoms with Gasteiger partial charge in [0.05, 0.1) is 13.2 Å². The number of carbonyl (C=O) groups excluding carboxylic acids is 2. The lowest BCUT2D eigenvalue weighted by Crippen LogP contribution is -2.51. The first-order valence-corrected chi connectivity index (χ1v) is 11.6. The molecule has 172 valence electrons. The predicted molar refractivity (Wildman–Crippen MR) is 130 cm³/mol. The Morgan fingerprint density at radius 2 is 1.58 bits per heavy atom. The molecule has 0 aromatic heterocycles. The van der Waals surface area contributed by atoms with Crippen molar-refractivity contribution in [2.75, 3.05) is 39.3 Å². The minimum absolute atomic E-state index is 0.0178.